The quantitative estimate of drug-likeness (QED) is 0.560. The van der Waals surface area contributed by atoms with Gasteiger partial charge in [0.25, 0.3) is 0 Å². The SMILES string of the molecule is C=CCN=c1scc(-c2ccccc2F)n1N=CC1CC=CCC1. The maximum atomic E-state index is 14.2. The van der Waals surface area contributed by atoms with Gasteiger partial charge in [-0.05, 0) is 37.3 Å². The fraction of sp³-hybridized carbons (Fsp3) is 0.263. The maximum absolute atomic E-state index is 14.2. The minimum absolute atomic E-state index is 0.255. The van der Waals surface area contributed by atoms with Crippen LogP contribution in [0.5, 0.6) is 0 Å². The van der Waals surface area contributed by atoms with Gasteiger partial charge < -0.3 is 0 Å². The van der Waals surface area contributed by atoms with Crippen LogP contribution in [0.25, 0.3) is 11.3 Å². The molecular formula is C19H20FN3S. The monoisotopic (exact) mass is 341 g/mol. The van der Waals surface area contributed by atoms with Crippen molar-refractivity contribution in [2.75, 3.05) is 6.54 Å². The van der Waals surface area contributed by atoms with Crippen molar-refractivity contribution >= 4 is 17.6 Å². The van der Waals surface area contributed by atoms with E-state index in [1.54, 1.807) is 22.9 Å². The first kappa shape index (κ1) is 16.6. The Bertz CT molecular complexity index is 829. The first-order valence-corrected chi connectivity index (χ1v) is 8.94. The van der Waals surface area contributed by atoms with Crippen LogP contribution in [0.1, 0.15) is 19.3 Å². The second-order valence-electron chi connectivity index (χ2n) is 5.63. The molecule has 124 valence electrons. The molecule has 0 aliphatic heterocycles. The molecule has 1 aliphatic carbocycles. The Morgan fingerprint density at radius 3 is 2.96 bits per heavy atom. The molecule has 0 amide bonds. The number of nitrogens with zero attached hydrogens (tertiary/aromatic N) is 3. The van der Waals surface area contributed by atoms with E-state index in [2.05, 4.69) is 28.8 Å². The minimum atomic E-state index is -0.255. The third-order valence-corrected chi connectivity index (χ3v) is 4.75. The van der Waals surface area contributed by atoms with Crippen LogP contribution < -0.4 is 4.80 Å². The van der Waals surface area contributed by atoms with E-state index in [9.17, 15) is 4.39 Å². The highest BCUT2D eigenvalue weighted by Gasteiger charge is 2.12. The average molecular weight is 341 g/mol. The predicted molar refractivity (Wildman–Crippen MR) is 98.7 cm³/mol. The number of hydrogen-bond acceptors (Lipinski definition) is 3. The largest absolute Gasteiger partial charge is 0.253 e. The molecule has 1 heterocycles. The Balaban J connectivity index is 2.02. The zero-order valence-corrected chi connectivity index (χ0v) is 14.3. The highest BCUT2D eigenvalue weighted by atomic mass is 32.1. The summed E-state index contributed by atoms with van der Waals surface area (Å²) in [4.78, 5) is 5.22. The molecule has 0 saturated carbocycles. The number of rotatable bonds is 5. The van der Waals surface area contributed by atoms with E-state index in [1.165, 1.54) is 17.4 Å². The highest BCUT2D eigenvalue weighted by molar-refractivity contribution is 7.07. The second-order valence-corrected chi connectivity index (χ2v) is 6.47. The van der Waals surface area contributed by atoms with Crippen molar-refractivity contribution in [3.05, 3.63) is 65.1 Å². The van der Waals surface area contributed by atoms with Crippen molar-refractivity contribution in [1.82, 2.24) is 4.68 Å². The maximum Gasteiger partial charge on any atom is 0.206 e. The summed E-state index contributed by atoms with van der Waals surface area (Å²) in [6, 6.07) is 6.75. The molecule has 0 fully saturated rings. The molecule has 3 rings (SSSR count). The lowest BCUT2D eigenvalue weighted by Gasteiger charge is -2.12. The topological polar surface area (TPSA) is 29.6 Å². The van der Waals surface area contributed by atoms with Crippen LogP contribution in [0.3, 0.4) is 0 Å². The molecule has 0 spiro atoms. The smallest absolute Gasteiger partial charge is 0.206 e. The van der Waals surface area contributed by atoms with Gasteiger partial charge in [-0.3, -0.25) is 4.99 Å². The van der Waals surface area contributed by atoms with Crippen LogP contribution in [-0.2, 0) is 0 Å². The van der Waals surface area contributed by atoms with Crippen molar-refractivity contribution < 1.29 is 4.39 Å². The summed E-state index contributed by atoms with van der Waals surface area (Å²) < 4.78 is 15.9. The van der Waals surface area contributed by atoms with Crippen LogP contribution in [0.2, 0.25) is 0 Å². The van der Waals surface area contributed by atoms with Gasteiger partial charge >= 0.3 is 0 Å². The van der Waals surface area contributed by atoms with Gasteiger partial charge in [-0.15, -0.1) is 17.9 Å². The summed E-state index contributed by atoms with van der Waals surface area (Å²) in [7, 11) is 0. The molecule has 0 saturated heterocycles. The van der Waals surface area contributed by atoms with E-state index in [0.29, 0.717) is 18.0 Å². The molecule has 1 atom stereocenters. The molecule has 2 aromatic rings. The molecule has 0 N–H and O–H groups in total. The lowest BCUT2D eigenvalue weighted by molar-refractivity contribution is 0.619. The third kappa shape index (κ3) is 3.79. The molecule has 0 radical (unpaired) electrons. The van der Waals surface area contributed by atoms with Crippen LogP contribution in [0, 0.1) is 11.7 Å². The van der Waals surface area contributed by atoms with Crippen LogP contribution >= 0.6 is 11.3 Å². The van der Waals surface area contributed by atoms with Gasteiger partial charge in [0, 0.05) is 17.2 Å². The zero-order chi connectivity index (χ0) is 16.8. The van der Waals surface area contributed by atoms with Crippen molar-refractivity contribution in [2.45, 2.75) is 19.3 Å². The van der Waals surface area contributed by atoms with E-state index in [0.717, 1.165) is 29.8 Å². The van der Waals surface area contributed by atoms with Gasteiger partial charge in [0.15, 0.2) is 0 Å². The Morgan fingerprint density at radius 2 is 2.21 bits per heavy atom. The van der Waals surface area contributed by atoms with Gasteiger partial charge in [0.1, 0.15) is 5.82 Å². The van der Waals surface area contributed by atoms with Crippen molar-refractivity contribution in [3.8, 4) is 11.3 Å². The number of benzene rings is 1. The van der Waals surface area contributed by atoms with Crippen LogP contribution in [0.4, 0.5) is 4.39 Å². The molecular weight excluding hydrogens is 321 g/mol. The number of halogens is 1. The Labute approximate surface area is 145 Å². The standard InChI is InChI=1S/C19H20FN3S/c1-2-12-21-19-23(22-13-15-8-4-3-5-9-15)18(14-24-19)16-10-6-7-11-17(16)20/h2-4,6-7,10-11,13-15H,1,5,8-9,12H2. The van der Waals surface area contributed by atoms with Gasteiger partial charge in [-0.1, -0.05) is 30.4 Å². The van der Waals surface area contributed by atoms with Crippen LogP contribution in [0.15, 0.2) is 64.5 Å². The minimum Gasteiger partial charge on any atom is -0.253 e. The van der Waals surface area contributed by atoms with Gasteiger partial charge in [0.05, 0.1) is 12.2 Å². The predicted octanol–water partition coefficient (Wildman–Crippen LogP) is 4.63. The first-order chi connectivity index (χ1) is 11.8. The highest BCUT2D eigenvalue weighted by Crippen LogP contribution is 2.23. The number of thiazole rings is 1. The molecule has 1 aromatic heterocycles. The molecule has 1 aromatic carbocycles. The lowest BCUT2D eigenvalue weighted by Crippen LogP contribution is -2.14. The average Bonchev–Trinajstić information content (AvgIpc) is 3.02. The number of allylic oxidation sites excluding steroid dienone is 2. The lowest BCUT2D eigenvalue weighted by atomic mass is 9.96. The zero-order valence-electron chi connectivity index (χ0n) is 13.4. The number of aromatic nitrogens is 1. The van der Waals surface area contributed by atoms with Crippen molar-refractivity contribution in [3.63, 3.8) is 0 Å². The van der Waals surface area contributed by atoms with Gasteiger partial charge in [0.2, 0.25) is 4.80 Å². The third-order valence-electron chi connectivity index (χ3n) is 3.89. The van der Waals surface area contributed by atoms with Gasteiger partial charge in [-0.2, -0.15) is 5.10 Å². The summed E-state index contributed by atoms with van der Waals surface area (Å²) in [5.74, 6) is 0.165. The summed E-state index contributed by atoms with van der Waals surface area (Å²) in [6.07, 6.45) is 11.3. The van der Waals surface area contributed by atoms with E-state index in [4.69, 9.17) is 0 Å². The molecule has 5 heteroatoms. The fourth-order valence-corrected chi connectivity index (χ4v) is 3.47. The Morgan fingerprint density at radius 1 is 1.33 bits per heavy atom. The molecule has 1 aliphatic rings. The van der Waals surface area contributed by atoms with Gasteiger partial charge in [-0.25, -0.2) is 9.07 Å². The molecule has 1 unspecified atom stereocenters. The molecule has 3 nitrogen and oxygen atoms in total. The van der Waals surface area contributed by atoms with Crippen molar-refractivity contribution in [2.24, 2.45) is 16.0 Å². The second kappa shape index (κ2) is 8.02. The van der Waals surface area contributed by atoms with E-state index in [1.807, 2.05) is 17.7 Å². The summed E-state index contributed by atoms with van der Waals surface area (Å²) in [6.45, 7) is 4.21. The van der Waals surface area contributed by atoms with Crippen LogP contribution in [-0.4, -0.2) is 17.4 Å². The summed E-state index contributed by atoms with van der Waals surface area (Å²) in [5.41, 5.74) is 1.26. The summed E-state index contributed by atoms with van der Waals surface area (Å²) >= 11 is 1.46. The molecule has 24 heavy (non-hydrogen) atoms. The number of hydrogen-bond donors (Lipinski definition) is 0. The Kier molecular flexibility index (Phi) is 5.54. The first-order valence-electron chi connectivity index (χ1n) is 8.06. The summed E-state index contributed by atoms with van der Waals surface area (Å²) in [5, 5.41) is 6.53. The Hall–Kier alpha value is -2.27. The van der Waals surface area contributed by atoms with Crippen molar-refractivity contribution in [1.29, 1.82) is 0 Å². The van der Waals surface area contributed by atoms with E-state index in [-0.39, 0.29) is 5.82 Å². The normalized spacial score (nSPS) is 18.4. The van der Waals surface area contributed by atoms with E-state index >= 15 is 0 Å². The van der Waals surface area contributed by atoms with E-state index < -0.39 is 0 Å². The fourth-order valence-electron chi connectivity index (χ4n) is 2.63. The molecule has 0 bridgehead atoms.